The number of nitriles is 1. The first-order valence-electron chi connectivity index (χ1n) is 6.50. The summed E-state index contributed by atoms with van der Waals surface area (Å²) < 4.78 is 7.30. The van der Waals surface area contributed by atoms with Gasteiger partial charge in [0.1, 0.15) is 11.8 Å². The summed E-state index contributed by atoms with van der Waals surface area (Å²) >= 11 is 0. The van der Waals surface area contributed by atoms with Crippen LogP contribution in [-0.2, 0) is 4.79 Å². The van der Waals surface area contributed by atoms with Gasteiger partial charge in [0.15, 0.2) is 5.92 Å². The molecule has 1 aliphatic heterocycles. The van der Waals surface area contributed by atoms with E-state index in [1.807, 2.05) is 28.8 Å². The average Bonchev–Trinajstić information content (AvgIpc) is 3.13. The zero-order chi connectivity index (χ0) is 14.4. The van der Waals surface area contributed by atoms with Crippen molar-refractivity contribution >= 4 is 22.9 Å². The van der Waals surface area contributed by atoms with Crippen LogP contribution in [0.2, 0.25) is 0 Å². The standard InChI is InChI=1S/C15H10N4O2/c16-8-9-13(12-6-3-7-21-12)19-11-5-2-1-4-10(11)17-15(19)18-14(9)20/h1-7,9,13H,(H,17,18,20)/t9-,13+/m0/s1. The second-order valence-corrected chi connectivity index (χ2v) is 4.85. The summed E-state index contributed by atoms with van der Waals surface area (Å²) in [6.07, 6.45) is 1.54. The lowest BCUT2D eigenvalue weighted by Crippen LogP contribution is -2.37. The number of hydrogen-bond donors (Lipinski definition) is 1. The maximum absolute atomic E-state index is 12.1. The minimum Gasteiger partial charge on any atom is -0.467 e. The predicted molar refractivity (Wildman–Crippen MR) is 74.3 cm³/mol. The molecule has 0 unspecified atom stereocenters. The summed E-state index contributed by atoms with van der Waals surface area (Å²) in [5, 5.41) is 12.1. The molecule has 4 rings (SSSR count). The van der Waals surface area contributed by atoms with Crippen LogP contribution >= 0.6 is 0 Å². The Morgan fingerprint density at radius 2 is 2.14 bits per heavy atom. The van der Waals surface area contributed by atoms with Crippen molar-refractivity contribution in [1.82, 2.24) is 9.55 Å². The summed E-state index contributed by atoms with van der Waals surface area (Å²) in [6, 6.07) is 12.6. The predicted octanol–water partition coefficient (Wildman–Crippen LogP) is 2.31. The number of fused-ring (bicyclic) bond motifs is 3. The largest absolute Gasteiger partial charge is 0.467 e. The van der Waals surface area contributed by atoms with Crippen LogP contribution in [0, 0.1) is 17.2 Å². The van der Waals surface area contributed by atoms with Gasteiger partial charge in [-0.25, -0.2) is 4.98 Å². The lowest BCUT2D eigenvalue weighted by Gasteiger charge is -2.27. The van der Waals surface area contributed by atoms with E-state index in [1.54, 1.807) is 12.1 Å². The normalized spacial score (nSPS) is 20.8. The zero-order valence-electron chi connectivity index (χ0n) is 10.9. The Morgan fingerprint density at radius 1 is 1.29 bits per heavy atom. The Hall–Kier alpha value is -3.07. The fourth-order valence-corrected chi connectivity index (χ4v) is 2.77. The topological polar surface area (TPSA) is 83.9 Å². The summed E-state index contributed by atoms with van der Waals surface area (Å²) in [7, 11) is 0. The van der Waals surface area contributed by atoms with E-state index in [-0.39, 0.29) is 5.91 Å². The zero-order valence-corrected chi connectivity index (χ0v) is 10.9. The van der Waals surface area contributed by atoms with E-state index < -0.39 is 12.0 Å². The van der Waals surface area contributed by atoms with Crippen molar-refractivity contribution in [2.24, 2.45) is 5.92 Å². The molecule has 0 saturated heterocycles. The highest BCUT2D eigenvalue weighted by Crippen LogP contribution is 2.37. The molecule has 102 valence electrons. The maximum atomic E-state index is 12.1. The Labute approximate surface area is 119 Å². The molecule has 1 N–H and O–H groups in total. The molecule has 0 aliphatic carbocycles. The number of para-hydroxylation sites is 2. The molecule has 2 aromatic heterocycles. The SMILES string of the molecule is N#C[C@@H]1C(=O)Nc2nc3ccccc3n2[C@H]1c1ccco1. The summed E-state index contributed by atoms with van der Waals surface area (Å²) in [5.74, 6) is -0.210. The van der Waals surface area contributed by atoms with Crippen LogP contribution in [0.4, 0.5) is 5.95 Å². The van der Waals surface area contributed by atoms with Crippen LogP contribution in [0.5, 0.6) is 0 Å². The van der Waals surface area contributed by atoms with E-state index in [4.69, 9.17) is 4.42 Å². The van der Waals surface area contributed by atoms with Crippen molar-refractivity contribution in [1.29, 1.82) is 5.26 Å². The molecule has 1 aliphatic rings. The number of hydrogen-bond acceptors (Lipinski definition) is 4. The van der Waals surface area contributed by atoms with Gasteiger partial charge in [0, 0.05) is 0 Å². The first-order chi connectivity index (χ1) is 10.3. The Balaban J connectivity index is 2.04. The van der Waals surface area contributed by atoms with E-state index in [0.717, 1.165) is 11.0 Å². The van der Waals surface area contributed by atoms with E-state index >= 15 is 0 Å². The lowest BCUT2D eigenvalue weighted by molar-refractivity contribution is -0.119. The number of amides is 1. The number of anilines is 1. The van der Waals surface area contributed by atoms with Gasteiger partial charge >= 0.3 is 0 Å². The maximum Gasteiger partial charge on any atom is 0.246 e. The van der Waals surface area contributed by atoms with Crippen molar-refractivity contribution in [3.8, 4) is 6.07 Å². The average molecular weight is 278 g/mol. The van der Waals surface area contributed by atoms with Crippen LogP contribution in [0.25, 0.3) is 11.0 Å². The van der Waals surface area contributed by atoms with Crippen LogP contribution in [0.1, 0.15) is 11.8 Å². The number of imidazole rings is 1. The molecule has 0 bridgehead atoms. The Bertz CT molecular complexity index is 873. The van der Waals surface area contributed by atoms with Crippen molar-refractivity contribution < 1.29 is 9.21 Å². The number of benzene rings is 1. The van der Waals surface area contributed by atoms with Crippen LogP contribution in [0.15, 0.2) is 47.1 Å². The van der Waals surface area contributed by atoms with E-state index in [1.165, 1.54) is 6.26 Å². The highest BCUT2D eigenvalue weighted by Gasteiger charge is 2.40. The van der Waals surface area contributed by atoms with Crippen molar-refractivity contribution in [3.63, 3.8) is 0 Å². The molecule has 0 spiro atoms. The summed E-state index contributed by atoms with van der Waals surface area (Å²) in [5.41, 5.74) is 1.62. The minimum absolute atomic E-state index is 0.360. The molecular formula is C15H10N4O2. The van der Waals surface area contributed by atoms with Gasteiger partial charge in [0.05, 0.1) is 23.4 Å². The smallest absolute Gasteiger partial charge is 0.246 e. The number of nitrogens with one attached hydrogen (secondary N) is 1. The highest BCUT2D eigenvalue weighted by atomic mass is 16.3. The Kier molecular flexibility index (Phi) is 2.35. The minimum atomic E-state index is -0.860. The van der Waals surface area contributed by atoms with Gasteiger partial charge in [0.25, 0.3) is 0 Å². The van der Waals surface area contributed by atoms with Crippen molar-refractivity contribution in [3.05, 3.63) is 48.4 Å². The molecule has 3 heterocycles. The first-order valence-corrected chi connectivity index (χ1v) is 6.50. The van der Waals surface area contributed by atoms with Crippen LogP contribution in [-0.4, -0.2) is 15.5 Å². The molecule has 3 aromatic rings. The van der Waals surface area contributed by atoms with E-state index in [9.17, 15) is 10.1 Å². The number of carbonyl (C=O) groups excluding carboxylic acids is 1. The first kappa shape index (κ1) is 11.7. The van der Waals surface area contributed by atoms with Gasteiger partial charge in [-0.2, -0.15) is 5.26 Å². The van der Waals surface area contributed by atoms with Gasteiger partial charge in [-0.1, -0.05) is 12.1 Å². The lowest BCUT2D eigenvalue weighted by atomic mass is 9.96. The summed E-state index contributed by atoms with van der Waals surface area (Å²) in [6.45, 7) is 0. The second-order valence-electron chi connectivity index (χ2n) is 4.85. The molecule has 0 fully saturated rings. The number of furan rings is 1. The van der Waals surface area contributed by atoms with E-state index in [0.29, 0.717) is 11.7 Å². The van der Waals surface area contributed by atoms with Gasteiger partial charge in [-0.05, 0) is 24.3 Å². The van der Waals surface area contributed by atoms with E-state index in [2.05, 4.69) is 16.4 Å². The number of aromatic nitrogens is 2. The molecule has 2 atom stereocenters. The van der Waals surface area contributed by atoms with Crippen LogP contribution < -0.4 is 5.32 Å². The molecule has 21 heavy (non-hydrogen) atoms. The van der Waals surface area contributed by atoms with Crippen molar-refractivity contribution in [2.75, 3.05) is 5.32 Å². The quantitative estimate of drug-likeness (QED) is 0.740. The van der Waals surface area contributed by atoms with Crippen molar-refractivity contribution in [2.45, 2.75) is 6.04 Å². The highest BCUT2D eigenvalue weighted by molar-refractivity contribution is 5.97. The van der Waals surface area contributed by atoms with Gasteiger partial charge in [-0.15, -0.1) is 0 Å². The number of carbonyl (C=O) groups is 1. The molecule has 1 amide bonds. The molecule has 6 nitrogen and oxygen atoms in total. The molecule has 0 radical (unpaired) electrons. The summed E-state index contributed by atoms with van der Waals surface area (Å²) in [4.78, 5) is 16.6. The third kappa shape index (κ3) is 1.58. The second kappa shape index (κ2) is 4.21. The fraction of sp³-hybridized carbons (Fsp3) is 0.133. The third-order valence-electron chi connectivity index (χ3n) is 3.68. The fourth-order valence-electron chi connectivity index (χ4n) is 2.77. The molecular weight excluding hydrogens is 268 g/mol. The van der Waals surface area contributed by atoms with Gasteiger partial charge < -0.3 is 4.42 Å². The third-order valence-corrected chi connectivity index (χ3v) is 3.68. The molecule has 1 aromatic carbocycles. The number of nitrogens with zero attached hydrogens (tertiary/aromatic N) is 3. The van der Waals surface area contributed by atoms with Crippen LogP contribution in [0.3, 0.4) is 0 Å². The number of rotatable bonds is 1. The van der Waals surface area contributed by atoms with Gasteiger partial charge in [0.2, 0.25) is 11.9 Å². The Morgan fingerprint density at radius 3 is 2.90 bits per heavy atom. The monoisotopic (exact) mass is 278 g/mol. The molecule has 0 saturated carbocycles. The molecule has 6 heteroatoms. The van der Waals surface area contributed by atoms with Gasteiger partial charge in [-0.3, -0.25) is 14.7 Å².